The van der Waals surface area contributed by atoms with Crippen molar-refractivity contribution in [1.29, 1.82) is 0 Å². The van der Waals surface area contributed by atoms with Gasteiger partial charge in [-0.3, -0.25) is 0 Å². The van der Waals surface area contributed by atoms with E-state index in [2.05, 4.69) is 35.9 Å². The van der Waals surface area contributed by atoms with Gasteiger partial charge in [0.05, 0.1) is 12.0 Å². The Morgan fingerprint density at radius 3 is 3.00 bits per heavy atom. The Bertz CT molecular complexity index is 454. The van der Waals surface area contributed by atoms with Crippen molar-refractivity contribution in [3.63, 3.8) is 0 Å². The zero-order chi connectivity index (χ0) is 10.1. The number of anilines is 1. The van der Waals surface area contributed by atoms with Crippen LogP contribution in [0, 0.1) is 12.8 Å². The fourth-order valence-corrected chi connectivity index (χ4v) is 2.09. The quantitative estimate of drug-likeness (QED) is 0.701. The van der Waals surface area contributed by atoms with Crippen LogP contribution in [-0.2, 0) is 0 Å². The van der Waals surface area contributed by atoms with E-state index >= 15 is 0 Å². The third-order valence-electron chi connectivity index (χ3n) is 2.86. The highest BCUT2D eigenvalue weighted by molar-refractivity contribution is 5.89. The molecule has 3 rings (SSSR count). The van der Waals surface area contributed by atoms with Crippen LogP contribution in [0.2, 0.25) is 0 Å². The maximum Gasteiger partial charge on any atom is 0.157 e. The van der Waals surface area contributed by atoms with Crippen LogP contribution < -0.4 is 4.90 Å². The van der Waals surface area contributed by atoms with E-state index in [0.29, 0.717) is 0 Å². The summed E-state index contributed by atoms with van der Waals surface area (Å²) in [5.74, 6) is 0. The van der Waals surface area contributed by atoms with Crippen LogP contribution in [0.1, 0.15) is 6.42 Å². The standard InChI is InChI=1S/C13H13NO/c1-2-8-14(9-3-1)12-6-4-5-11-7-10-15-13(11)12/h1-2,4-7,10H,3,8-9H2. The largest absolute Gasteiger partial charge is 0.462 e. The van der Waals surface area contributed by atoms with Crippen LogP contribution in [0.3, 0.4) is 0 Å². The average molecular weight is 199 g/mol. The first-order valence-corrected chi connectivity index (χ1v) is 5.31. The summed E-state index contributed by atoms with van der Waals surface area (Å²) in [5, 5.41) is 1.18. The molecule has 2 heterocycles. The van der Waals surface area contributed by atoms with Crippen LogP contribution in [0.25, 0.3) is 11.0 Å². The average Bonchev–Trinajstić information content (AvgIpc) is 2.78. The minimum absolute atomic E-state index is 0.986. The van der Waals surface area contributed by atoms with Gasteiger partial charge in [0.25, 0.3) is 0 Å². The van der Waals surface area contributed by atoms with Gasteiger partial charge < -0.3 is 9.32 Å². The molecule has 1 aromatic heterocycles. The molecule has 2 nitrogen and oxygen atoms in total. The molecule has 1 fully saturated rings. The van der Waals surface area contributed by atoms with Gasteiger partial charge in [-0.05, 0) is 31.4 Å². The van der Waals surface area contributed by atoms with Crippen molar-refractivity contribution in [3.8, 4) is 0 Å². The topological polar surface area (TPSA) is 16.4 Å². The number of para-hydroxylation sites is 1. The molecule has 0 spiro atoms. The number of piperidine rings is 1. The highest BCUT2D eigenvalue weighted by atomic mass is 16.3. The Hall–Kier alpha value is -1.44. The maximum absolute atomic E-state index is 5.54. The van der Waals surface area contributed by atoms with Crippen molar-refractivity contribution in [2.75, 3.05) is 18.0 Å². The normalized spacial score (nSPS) is 17.2. The maximum atomic E-state index is 5.54. The monoisotopic (exact) mass is 199 g/mol. The van der Waals surface area contributed by atoms with Gasteiger partial charge in [0.1, 0.15) is 0 Å². The molecule has 0 N–H and O–H groups in total. The lowest BCUT2D eigenvalue weighted by molar-refractivity contribution is 0.612. The molecule has 1 aliphatic heterocycles. The van der Waals surface area contributed by atoms with Gasteiger partial charge in [-0.15, -0.1) is 0 Å². The lowest BCUT2D eigenvalue weighted by Crippen LogP contribution is -2.30. The number of hydrogen-bond acceptors (Lipinski definition) is 2. The summed E-state index contributed by atoms with van der Waals surface area (Å²) in [6, 6.07) is 8.32. The number of hydrogen-bond donors (Lipinski definition) is 0. The van der Waals surface area contributed by atoms with Gasteiger partial charge in [0, 0.05) is 18.5 Å². The fourth-order valence-electron chi connectivity index (χ4n) is 2.09. The Labute approximate surface area is 89.5 Å². The van der Waals surface area contributed by atoms with Crippen molar-refractivity contribution in [2.24, 2.45) is 0 Å². The molecule has 2 radical (unpaired) electrons. The number of rotatable bonds is 1. The van der Waals surface area contributed by atoms with Gasteiger partial charge in [-0.1, -0.05) is 12.1 Å². The lowest BCUT2D eigenvalue weighted by atomic mass is 10.1. The molecule has 1 aromatic carbocycles. The van der Waals surface area contributed by atoms with Gasteiger partial charge in [-0.25, -0.2) is 0 Å². The summed E-state index contributed by atoms with van der Waals surface area (Å²) in [6.07, 6.45) is 7.33. The Morgan fingerprint density at radius 1 is 1.13 bits per heavy atom. The molecule has 2 aromatic rings. The van der Waals surface area contributed by atoms with Crippen molar-refractivity contribution in [2.45, 2.75) is 6.42 Å². The number of furan rings is 1. The van der Waals surface area contributed by atoms with Crippen LogP contribution in [0.15, 0.2) is 34.9 Å². The first-order valence-electron chi connectivity index (χ1n) is 5.31. The van der Waals surface area contributed by atoms with Crippen LogP contribution in [0.4, 0.5) is 5.69 Å². The molecule has 0 saturated carbocycles. The molecule has 0 amide bonds. The summed E-state index contributed by atoms with van der Waals surface area (Å²) < 4.78 is 5.54. The molecular formula is C13H13NO. The number of nitrogens with zero attached hydrogens (tertiary/aromatic N) is 1. The van der Waals surface area contributed by atoms with Crippen molar-refractivity contribution < 1.29 is 4.42 Å². The summed E-state index contributed by atoms with van der Waals surface area (Å²) in [5.41, 5.74) is 2.22. The zero-order valence-corrected chi connectivity index (χ0v) is 8.52. The van der Waals surface area contributed by atoms with Gasteiger partial charge >= 0.3 is 0 Å². The van der Waals surface area contributed by atoms with Gasteiger partial charge in [-0.2, -0.15) is 0 Å². The molecule has 0 aliphatic carbocycles. The van der Waals surface area contributed by atoms with Crippen molar-refractivity contribution in [1.82, 2.24) is 0 Å². The summed E-state index contributed by atoms with van der Waals surface area (Å²) >= 11 is 0. The van der Waals surface area contributed by atoms with Gasteiger partial charge in [0.2, 0.25) is 0 Å². The minimum atomic E-state index is 0.986. The fraction of sp³-hybridized carbons (Fsp3) is 0.231. The molecule has 1 saturated heterocycles. The van der Waals surface area contributed by atoms with Gasteiger partial charge in [0.15, 0.2) is 5.58 Å². The third-order valence-corrected chi connectivity index (χ3v) is 2.86. The summed E-state index contributed by atoms with van der Waals surface area (Å²) in [6.45, 7) is 2.07. The van der Waals surface area contributed by atoms with E-state index < -0.39 is 0 Å². The molecule has 2 heteroatoms. The molecule has 0 bridgehead atoms. The first-order chi connectivity index (χ1) is 7.45. The summed E-state index contributed by atoms with van der Waals surface area (Å²) in [7, 11) is 0. The van der Waals surface area contributed by atoms with Crippen LogP contribution in [-0.4, -0.2) is 13.1 Å². The van der Waals surface area contributed by atoms with Crippen molar-refractivity contribution in [3.05, 3.63) is 43.4 Å². The molecular weight excluding hydrogens is 186 g/mol. The zero-order valence-electron chi connectivity index (χ0n) is 8.52. The SMILES string of the molecule is [CH]1[CH]CN(c2cccc3ccoc23)CC1. The molecule has 15 heavy (non-hydrogen) atoms. The van der Waals surface area contributed by atoms with E-state index in [9.17, 15) is 0 Å². The van der Waals surface area contributed by atoms with Crippen LogP contribution >= 0.6 is 0 Å². The smallest absolute Gasteiger partial charge is 0.157 e. The summed E-state index contributed by atoms with van der Waals surface area (Å²) in [4.78, 5) is 2.35. The predicted octanol–water partition coefficient (Wildman–Crippen LogP) is 3.05. The van der Waals surface area contributed by atoms with E-state index in [4.69, 9.17) is 4.42 Å². The number of benzene rings is 1. The van der Waals surface area contributed by atoms with E-state index in [1.165, 1.54) is 11.1 Å². The van der Waals surface area contributed by atoms with E-state index in [1.807, 2.05) is 6.07 Å². The molecule has 0 unspecified atom stereocenters. The Kier molecular flexibility index (Phi) is 2.13. The molecule has 0 atom stereocenters. The molecule has 1 aliphatic rings. The second kappa shape index (κ2) is 3.61. The Balaban J connectivity index is 2.05. The highest BCUT2D eigenvalue weighted by Gasteiger charge is 2.14. The van der Waals surface area contributed by atoms with E-state index in [-0.39, 0.29) is 0 Å². The third kappa shape index (κ3) is 1.50. The van der Waals surface area contributed by atoms with Crippen molar-refractivity contribution >= 4 is 16.7 Å². The number of fused-ring (bicyclic) bond motifs is 1. The Morgan fingerprint density at radius 2 is 2.13 bits per heavy atom. The predicted molar refractivity (Wildman–Crippen MR) is 61.6 cm³/mol. The highest BCUT2D eigenvalue weighted by Crippen LogP contribution is 2.29. The van der Waals surface area contributed by atoms with Crippen LogP contribution in [0.5, 0.6) is 0 Å². The molecule has 76 valence electrons. The second-order valence-electron chi connectivity index (χ2n) is 3.82. The second-order valence-corrected chi connectivity index (χ2v) is 3.82. The first kappa shape index (κ1) is 8.84. The van der Waals surface area contributed by atoms with E-state index in [1.54, 1.807) is 6.26 Å². The lowest BCUT2D eigenvalue weighted by Gasteiger charge is -2.28. The minimum Gasteiger partial charge on any atom is -0.462 e. The van der Waals surface area contributed by atoms with E-state index in [0.717, 1.165) is 25.1 Å².